The van der Waals surface area contributed by atoms with Crippen molar-refractivity contribution in [3.05, 3.63) is 35.5 Å². The number of carbonyl (C=O) groups excluding carboxylic acids is 2. The van der Waals surface area contributed by atoms with Crippen molar-refractivity contribution in [1.82, 2.24) is 15.0 Å². The van der Waals surface area contributed by atoms with Crippen LogP contribution in [-0.2, 0) is 16.1 Å². The van der Waals surface area contributed by atoms with Crippen molar-refractivity contribution in [2.75, 3.05) is 18.2 Å². The highest BCUT2D eigenvalue weighted by atomic mass is 16.5. The van der Waals surface area contributed by atoms with Crippen LogP contribution in [0.1, 0.15) is 35.8 Å². The summed E-state index contributed by atoms with van der Waals surface area (Å²) in [6.45, 7) is 4.04. The van der Waals surface area contributed by atoms with E-state index in [1.165, 1.54) is 12.7 Å². The van der Waals surface area contributed by atoms with E-state index in [4.69, 9.17) is 5.73 Å². The van der Waals surface area contributed by atoms with E-state index >= 15 is 0 Å². The summed E-state index contributed by atoms with van der Waals surface area (Å²) >= 11 is 0. The molecular formula is C15H19N5O3. The van der Waals surface area contributed by atoms with E-state index in [0.717, 1.165) is 4.68 Å². The maximum atomic E-state index is 12.0. The molecule has 0 saturated heterocycles. The van der Waals surface area contributed by atoms with Gasteiger partial charge in [-0.25, -0.2) is 9.48 Å². The smallest absolute Gasteiger partial charge is 0.362 e. The summed E-state index contributed by atoms with van der Waals surface area (Å²) in [7, 11) is 1.22. The van der Waals surface area contributed by atoms with Crippen LogP contribution in [0.2, 0.25) is 0 Å². The lowest BCUT2D eigenvalue weighted by Gasteiger charge is -2.09. The van der Waals surface area contributed by atoms with E-state index in [9.17, 15) is 9.59 Å². The van der Waals surface area contributed by atoms with E-state index in [0.29, 0.717) is 11.6 Å². The molecule has 2 rings (SSSR count). The lowest BCUT2D eigenvalue weighted by molar-refractivity contribution is -0.116. The molecule has 122 valence electrons. The van der Waals surface area contributed by atoms with E-state index in [1.807, 2.05) is 24.3 Å². The average Bonchev–Trinajstić information content (AvgIpc) is 2.88. The first-order chi connectivity index (χ1) is 10.9. The van der Waals surface area contributed by atoms with Gasteiger partial charge in [0.15, 0.2) is 5.82 Å². The van der Waals surface area contributed by atoms with E-state index in [-0.39, 0.29) is 24.0 Å². The van der Waals surface area contributed by atoms with Gasteiger partial charge in [0.2, 0.25) is 11.6 Å². The fourth-order valence-electron chi connectivity index (χ4n) is 1.97. The van der Waals surface area contributed by atoms with Gasteiger partial charge in [0, 0.05) is 5.69 Å². The molecule has 1 heterocycles. The van der Waals surface area contributed by atoms with E-state index in [2.05, 4.69) is 34.2 Å². The summed E-state index contributed by atoms with van der Waals surface area (Å²) in [5.74, 6) is -0.609. The molecule has 0 bridgehead atoms. The third kappa shape index (κ3) is 3.85. The maximum absolute atomic E-state index is 12.0. The van der Waals surface area contributed by atoms with Crippen LogP contribution < -0.4 is 11.1 Å². The molecule has 0 saturated carbocycles. The third-order valence-electron chi connectivity index (χ3n) is 3.31. The number of hydrogen-bond acceptors (Lipinski definition) is 6. The highest BCUT2D eigenvalue weighted by Gasteiger charge is 2.19. The zero-order chi connectivity index (χ0) is 17.0. The molecule has 1 amide bonds. The van der Waals surface area contributed by atoms with Gasteiger partial charge >= 0.3 is 5.97 Å². The number of nitrogens with one attached hydrogen (secondary N) is 1. The summed E-state index contributed by atoms with van der Waals surface area (Å²) in [5.41, 5.74) is 7.48. The zero-order valence-corrected chi connectivity index (χ0v) is 13.2. The second-order valence-corrected chi connectivity index (χ2v) is 5.30. The number of aromatic nitrogens is 3. The van der Waals surface area contributed by atoms with Gasteiger partial charge in [-0.05, 0) is 23.6 Å². The van der Waals surface area contributed by atoms with Crippen molar-refractivity contribution in [3.63, 3.8) is 0 Å². The van der Waals surface area contributed by atoms with Gasteiger partial charge in [-0.2, -0.15) is 0 Å². The minimum atomic E-state index is -0.696. The van der Waals surface area contributed by atoms with Crippen molar-refractivity contribution in [1.29, 1.82) is 0 Å². The van der Waals surface area contributed by atoms with Gasteiger partial charge in [-0.3, -0.25) is 4.79 Å². The SMILES string of the molecule is COC(=O)c1nnn(CC(=O)Nc2ccc(C(C)C)cc2)c1N. The van der Waals surface area contributed by atoms with Crippen molar-refractivity contribution in [2.24, 2.45) is 0 Å². The lowest BCUT2D eigenvalue weighted by Crippen LogP contribution is -2.21. The molecular weight excluding hydrogens is 298 g/mol. The Labute approximate surface area is 133 Å². The molecule has 0 atom stereocenters. The molecule has 3 N–H and O–H groups in total. The minimum Gasteiger partial charge on any atom is -0.464 e. The second kappa shape index (κ2) is 6.91. The number of rotatable bonds is 5. The topological polar surface area (TPSA) is 112 Å². The van der Waals surface area contributed by atoms with E-state index in [1.54, 1.807) is 0 Å². The molecule has 0 aliphatic heterocycles. The maximum Gasteiger partial charge on any atom is 0.362 e. The van der Waals surface area contributed by atoms with Crippen LogP contribution in [0.25, 0.3) is 0 Å². The highest BCUT2D eigenvalue weighted by Crippen LogP contribution is 2.17. The van der Waals surface area contributed by atoms with Crippen LogP contribution in [0.4, 0.5) is 11.5 Å². The Morgan fingerprint density at radius 3 is 2.52 bits per heavy atom. The normalized spacial score (nSPS) is 10.6. The van der Waals surface area contributed by atoms with Gasteiger partial charge in [-0.15, -0.1) is 5.10 Å². The van der Waals surface area contributed by atoms with Crippen molar-refractivity contribution in [2.45, 2.75) is 26.3 Å². The Balaban J connectivity index is 2.02. The number of amides is 1. The summed E-state index contributed by atoms with van der Waals surface area (Å²) in [6, 6.07) is 7.58. The standard InChI is InChI=1S/C15H19N5O3/c1-9(2)10-4-6-11(7-5-10)17-12(21)8-20-14(16)13(18-19-20)15(22)23-3/h4-7,9H,8,16H2,1-3H3,(H,17,21). The fraction of sp³-hybridized carbons (Fsp3) is 0.333. The lowest BCUT2D eigenvalue weighted by atomic mass is 10.0. The molecule has 23 heavy (non-hydrogen) atoms. The highest BCUT2D eigenvalue weighted by molar-refractivity contribution is 5.93. The molecule has 0 aliphatic rings. The molecule has 0 unspecified atom stereocenters. The summed E-state index contributed by atoms with van der Waals surface area (Å²) < 4.78 is 5.67. The number of nitrogens with two attached hydrogens (primary N) is 1. The van der Waals surface area contributed by atoms with Crippen LogP contribution in [0.15, 0.2) is 24.3 Å². The molecule has 0 aliphatic carbocycles. The monoisotopic (exact) mass is 317 g/mol. The summed E-state index contributed by atoms with van der Waals surface area (Å²) in [5, 5.41) is 10.0. The van der Waals surface area contributed by atoms with Gasteiger partial charge in [0.05, 0.1) is 7.11 Å². The van der Waals surface area contributed by atoms with E-state index < -0.39 is 5.97 Å². The number of benzene rings is 1. The molecule has 1 aromatic carbocycles. The number of anilines is 2. The van der Waals surface area contributed by atoms with Crippen LogP contribution in [-0.4, -0.2) is 34.0 Å². The average molecular weight is 317 g/mol. The van der Waals surface area contributed by atoms with Crippen molar-refractivity contribution in [3.8, 4) is 0 Å². The van der Waals surface area contributed by atoms with Gasteiger partial charge in [0.1, 0.15) is 6.54 Å². The molecule has 8 nitrogen and oxygen atoms in total. The van der Waals surface area contributed by atoms with Gasteiger partial charge in [0.25, 0.3) is 0 Å². The number of nitrogens with zero attached hydrogens (tertiary/aromatic N) is 3. The number of hydrogen-bond donors (Lipinski definition) is 2. The van der Waals surface area contributed by atoms with Crippen molar-refractivity contribution < 1.29 is 14.3 Å². The molecule has 2 aromatic rings. The van der Waals surface area contributed by atoms with Gasteiger partial charge in [-0.1, -0.05) is 31.2 Å². The minimum absolute atomic E-state index is 0.0119. The Kier molecular flexibility index (Phi) is 4.95. The first kappa shape index (κ1) is 16.5. The van der Waals surface area contributed by atoms with Crippen molar-refractivity contribution >= 4 is 23.4 Å². The first-order valence-corrected chi connectivity index (χ1v) is 7.09. The Bertz CT molecular complexity index is 706. The molecule has 0 radical (unpaired) electrons. The Hall–Kier alpha value is -2.90. The zero-order valence-electron chi connectivity index (χ0n) is 13.2. The Morgan fingerprint density at radius 2 is 1.96 bits per heavy atom. The summed E-state index contributed by atoms with van der Waals surface area (Å²) in [6.07, 6.45) is 0. The predicted octanol–water partition coefficient (Wildman–Crippen LogP) is 1.41. The summed E-state index contributed by atoms with van der Waals surface area (Å²) in [4.78, 5) is 23.4. The van der Waals surface area contributed by atoms with Crippen LogP contribution in [0, 0.1) is 0 Å². The number of methoxy groups -OCH3 is 1. The first-order valence-electron chi connectivity index (χ1n) is 7.09. The molecule has 8 heteroatoms. The van der Waals surface area contributed by atoms with Crippen LogP contribution >= 0.6 is 0 Å². The predicted molar refractivity (Wildman–Crippen MR) is 84.9 cm³/mol. The van der Waals surface area contributed by atoms with Crippen LogP contribution in [0.3, 0.4) is 0 Å². The third-order valence-corrected chi connectivity index (χ3v) is 3.31. The number of ether oxygens (including phenoxy) is 1. The second-order valence-electron chi connectivity index (χ2n) is 5.30. The number of esters is 1. The molecule has 0 spiro atoms. The Morgan fingerprint density at radius 1 is 1.30 bits per heavy atom. The van der Waals surface area contributed by atoms with Crippen LogP contribution in [0.5, 0.6) is 0 Å². The largest absolute Gasteiger partial charge is 0.464 e. The van der Waals surface area contributed by atoms with Gasteiger partial charge < -0.3 is 15.8 Å². The quantitative estimate of drug-likeness (QED) is 0.806. The fourth-order valence-corrected chi connectivity index (χ4v) is 1.97. The number of carbonyl (C=O) groups is 2. The molecule has 1 aromatic heterocycles. The molecule has 0 fully saturated rings. The number of nitrogen functional groups attached to an aromatic ring is 1.